The molecule has 2 aromatic carbocycles. The van der Waals surface area contributed by atoms with Crippen LogP contribution in [0.4, 0.5) is 0 Å². The van der Waals surface area contributed by atoms with Crippen LogP contribution in [0.2, 0.25) is 0 Å². The number of imidazole rings is 1. The van der Waals surface area contributed by atoms with Crippen LogP contribution in [0.5, 0.6) is 0 Å². The molecule has 0 amide bonds. The molecule has 0 radical (unpaired) electrons. The molecule has 0 aliphatic heterocycles. The van der Waals surface area contributed by atoms with Crippen LogP contribution in [0.1, 0.15) is 5.56 Å². The second kappa shape index (κ2) is 5.60. The molecule has 0 N–H and O–H groups in total. The number of aromatic nitrogens is 3. The second-order valence-corrected chi connectivity index (χ2v) is 6.15. The summed E-state index contributed by atoms with van der Waals surface area (Å²) in [5.41, 5.74) is 6.99. The van der Waals surface area contributed by atoms with E-state index in [4.69, 9.17) is 4.98 Å². The Bertz CT molecular complexity index is 1040. The molecule has 4 aromatic rings. The van der Waals surface area contributed by atoms with Crippen molar-refractivity contribution in [2.75, 3.05) is 0 Å². The van der Waals surface area contributed by atoms with E-state index in [9.17, 15) is 0 Å². The Balaban J connectivity index is 1.95. The first-order chi connectivity index (χ1) is 11.7. The number of benzene rings is 2. The molecule has 2 heterocycles. The maximum absolute atomic E-state index is 4.84. The largest absolute Gasteiger partial charge is 0.322 e. The molecule has 0 atom stereocenters. The minimum absolute atomic E-state index is 0.981. The summed E-state index contributed by atoms with van der Waals surface area (Å²) in [6, 6.07) is 23.1. The molecule has 0 aliphatic rings. The predicted molar refractivity (Wildman–Crippen MR) is 97.5 cm³/mol. The molecule has 0 bridgehead atoms. The van der Waals surface area contributed by atoms with Gasteiger partial charge < -0.3 is 4.57 Å². The van der Waals surface area contributed by atoms with Crippen LogP contribution in [-0.2, 0) is 14.1 Å². The number of fused-ring (bicyclic) bond motifs is 1. The zero-order valence-corrected chi connectivity index (χ0v) is 14.2. The maximum Gasteiger partial charge on any atom is 0.248 e. The van der Waals surface area contributed by atoms with Gasteiger partial charge in [0, 0.05) is 24.7 Å². The summed E-state index contributed by atoms with van der Waals surface area (Å²) in [6.07, 6.45) is 0. The van der Waals surface area contributed by atoms with E-state index in [0.717, 1.165) is 22.6 Å². The van der Waals surface area contributed by atoms with Crippen LogP contribution in [0.15, 0.2) is 66.7 Å². The van der Waals surface area contributed by atoms with Gasteiger partial charge in [0.1, 0.15) is 7.05 Å². The predicted octanol–water partition coefficient (Wildman–Crippen LogP) is 4.04. The summed E-state index contributed by atoms with van der Waals surface area (Å²) >= 11 is 0. The Hall–Kier alpha value is -2.94. The standard InChI is InChI=1S/C21H20N3/c1-15-9-4-5-10-16(15)18-13-8-14-20(23(18)2)21-22-17-11-6-7-12-19(17)24(21)3/h4-14H,1-3H3/q+1. The monoisotopic (exact) mass is 314 g/mol. The van der Waals surface area contributed by atoms with Gasteiger partial charge in [-0.3, -0.25) is 0 Å². The first kappa shape index (κ1) is 14.6. The average Bonchev–Trinajstić information content (AvgIpc) is 2.93. The van der Waals surface area contributed by atoms with Gasteiger partial charge in [-0.05, 0) is 36.8 Å². The van der Waals surface area contributed by atoms with Crippen LogP contribution in [0, 0.1) is 6.92 Å². The lowest BCUT2D eigenvalue weighted by Crippen LogP contribution is -2.34. The SMILES string of the molecule is Cc1ccccc1-c1cccc(-c2nc3ccccc3n2C)[n+]1C. The molecule has 0 spiro atoms. The van der Waals surface area contributed by atoms with Gasteiger partial charge in [0.25, 0.3) is 0 Å². The van der Waals surface area contributed by atoms with Crippen molar-refractivity contribution in [2.45, 2.75) is 6.92 Å². The van der Waals surface area contributed by atoms with Crippen molar-refractivity contribution >= 4 is 11.0 Å². The number of hydrogen-bond acceptors (Lipinski definition) is 1. The molecule has 3 heteroatoms. The summed E-state index contributed by atoms with van der Waals surface area (Å²) in [5.74, 6) is 0.981. The molecular weight excluding hydrogens is 294 g/mol. The van der Waals surface area contributed by atoms with E-state index in [1.54, 1.807) is 0 Å². The minimum Gasteiger partial charge on any atom is -0.322 e. The van der Waals surface area contributed by atoms with Crippen LogP contribution < -0.4 is 4.57 Å². The molecule has 2 aromatic heterocycles. The Morgan fingerprint density at radius 3 is 2.33 bits per heavy atom. The summed E-state index contributed by atoms with van der Waals surface area (Å²) in [7, 11) is 4.18. The molecule has 0 unspecified atom stereocenters. The van der Waals surface area contributed by atoms with E-state index in [1.807, 2.05) is 6.07 Å². The third-order valence-electron chi connectivity index (χ3n) is 4.67. The van der Waals surface area contributed by atoms with Gasteiger partial charge in [0.05, 0.1) is 11.0 Å². The molecule has 118 valence electrons. The highest BCUT2D eigenvalue weighted by molar-refractivity contribution is 5.79. The fourth-order valence-electron chi connectivity index (χ4n) is 3.31. The van der Waals surface area contributed by atoms with Gasteiger partial charge in [-0.2, -0.15) is 4.57 Å². The lowest BCUT2D eigenvalue weighted by Gasteiger charge is -2.07. The van der Waals surface area contributed by atoms with Gasteiger partial charge in [0.15, 0.2) is 0 Å². The number of nitrogens with zero attached hydrogens (tertiary/aromatic N) is 3. The molecule has 0 saturated carbocycles. The van der Waals surface area contributed by atoms with Crippen molar-refractivity contribution in [2.24, 2.45) is 14.1 Å². The van der Waals surface area contributed by atoms with Crippen molar-refractivity contribution in [1.82, 2.24) is 9.55 Å². The summed E-state index contributed by atoms with van der Waals surface area (Å²) < 4.78 is 4.38. The van der Waals surface area contributed by atoms with Crippen molar-refractivity contribution in [1.29, 1.82) is 0 Å². The number of hydrogen-bond donors (Lipinski definition) is 0. The summed E-state index contributed by atoms with van der Waals surface area (Å²) in [5, 5.41) is 0. The van der Waals surface area contributed by atoms with Gasteiger partial charge in [-0.25, -0.2) is 4.98 Å². The quantitative estimate of drug-likeness (QED) is 0.512. The lowest BCUT2D eigenvalue weighted by molar-refractivity contribution is -0.649. The van der Waals surface area contributed by atoms with Crippen molar-refractivity contribution in [3.8, 4) is 22.8 Å². The molecule has 0 aliphatic carbocycles. The van der Waals surface area contributed by atoms with Crippen molar-refractivity contribution in [3.63, 3.8) is 0 Å². The molecule has 4 rings (SSSR count). The van der Waals surface area contributed by atoms with Crippen molar-refractivity contribution < 1.29 is 4.57 Å². The van der Waals surface area contributed by atoms with E-state index in [-0.39, 0.29) is 0 Å². The highest BCUT2D eigenvalue weighted by Crippen LogP contribution is 2.24. The van der Waals surface area contributed by atoms with E-state index in [2.05, 4.69) is 90.8 Å². The molecular formula is C21H20N3+. The Labute approximate surface area is 141 Å². The number of aryl methyl sites for hydroxylation is 2. The highest BCUT2D eigenvalue weighted by atomic mass is 15.1. The van der Waals surface area contributed by atoms with E-state index in [1.165, 1.54) is 16.8 Å². The van der Waals surface area contributed by atoms with E-state index < -0.39 is 0 Å². The summed E-state index contributed by atoms with van der Waals surface area (Å²) in [4.78, 5) is 4.84. The van der Waals surface area contributed by atoms with Crippen LogP contribution in [-0.4, -0.2) is 9.55 Å². The van der Waals surface area contributed by atoms with Gasteiger partial charge in [0.2, 0.25) is 17.2 Å². The van der Waals surface area contributed by atoms with Crippen LogP contribution >= 0.6 is 0 Å². The first-order valence-electron chi connectivity index (χ1n) is 8.13. The number of rotatable bonds is 2. The van der Waals surface area contributed by atoms with Gasteiger partial charge >= 0.3 is 0 Å². The number of pyridine rings is 1. The molecule has 3 nitrogen and oxygen atoms in total. The van der Waals surface area contributed by atoms with Crippen molar-refractivity contribution in [3.05, 3.63) is 72.3 Å². The Morgan fingerprint density at radius 2 is 1.54 bits per heavy atom. The molecule has 0 fully saturated rings. The van der Waals surface area contributed by atoms with E-state index >= 15 is 0 Å². The number of para-hydroxylation sites is 2. The summed E-state index contributed by atoms with van der Waals surface area (Å²) in [6.45, 7) is 2.15. The third kappa shape index (κ3) is 2.21. The Morgan fingerprint density at radius 1 is 0.833 bits per heavy atom. The van der Waals surface area contributed by atoms with Crippen LogP contribution in [0.3, 0.4) is 0 Å². The van der Waals surface area contributed by atoms with Crippen LogP contribution in [0.25, 0.3) is 33.8 Å². The zero-order valence-electron chi connectivity index (χ0n) is 14.2. The maximum atomic E-state index is 4.84. The van der Waals surface area contributed by atoms with Gasteiger partial charge in [-0.1, -0.05) is 30.3 Å². The molecule has 0 saturated heterocycles. The smallest absolute Gasteiger partial charge is 0.248 e. The van der Waals surface area contributed by atoms with E-state index in [0.29, 0.717) is 0 Å². The average molecular weight is 314 g/mol. The minimum atomic E-state index is 0.981. The topological polar surface area (TPSA) is 21.7 Å². The fourth-order valence-corrected chi connectivity index (χ4v) is 3.31. The lowest BCUT2D eigenvalue weighted by atomic mass is 10.0. The van der Waals surface area contributed by atoms with Gasteiger partial charge in [-0.15, -0.1) is 0 Å². The normalized spacial score (nSPS) is 11.1. The zero-order chi connectivity index (χ0) is 16.7. The molecule has 24 heavy (non-hydrogen) atoms. The first-order valence-corrected chi connectivity index (χ1v) is 8.13. The fraction of sp³-hybridized carbons (Fsp3) is 0.143. The highest BCUT2D eigenvalue weighted by Gasteiger charge is 2.21. The second-order valence-electron chi connectivity index (χ2n) is 6.15. The third-order valence-corrected chi connectivity index (χ3v) is 4.67. The Kier molecular flexibility index (Phi) is 3.42.